The zero-order chi connectivity index (χ0) is 28.3. The molecule has 0 saturated carbocycles. The lowest BCUT2D eigenvalue weighted by Crippen LogP contribution is -2.53. The molecule has 0 radical (unpaired) electrons. The smallest absolute Gasteiger partial charge is 0.280 e. The van der Waals surface area contributed by atoms with Crippen LogP contribution in [0.4, 0.5) is 18.9 Å². The number of alkyl halides is 2. The van der Waals surface area contributed by atoms with Gasteiger partial charge in [-0.1, -0.05) is 29.8 Å². The second-order valence-corrected chi connectivity index (χ2v) is 11.4. The van der Waals surface area contributed by atoms with Crippen LogP contribution in [0.5, 0.6) is 0 Å². The number of hydrogen-bond donors (Lipinski definition) is 2. The first-order chi connectivity index (χ1) is 18.5. The van der Waals surface area contributed by atoms with Gasteiger partial charge in [0.05, 0.1) is 0 Å². The Hall–Kier alpha value is -2.33. The average Bonchev–Trinajstić information content (AvgIpc) is 2.92. The topological polar surface area (TPSA) is 67.2 Å². The Kier molecular flexibility index (Phi) is 9.47. The van der Waals surface area contributed by atoms with Gasteiger partial charge in [-0.15, -0.1) is 0 Å². The number of benzene rings is 2. The highest BCUT2D eigenvalue weighted by Gasteiger charge is 2.50. The van der Waals surface area contributed by atoms with Crippen LogP contribution in [0.25, 0.3) is 0 Å². The number of hydrogen-bond acceptors (Lipinski definition) is 5. The molecule has 6 nitrogen and oxygen atoms in total. The van der Waals surface area contributed by atoms with Crippen LogP contribution in [0.2, 0.25) is 5.02 Å². The molecule has 10 heteroatoms. The summed E-state index contributed by atoms with van der Waals surface area (Å²) in [6.45, 7) is 2.36. The van der Waals surface area contributed by atoms with E-state index in [0.29, 0.717) is 35.3 Å². The first kappa shape index (κ1) is 29.6. The van der Waals surface area contributed by atoms with Crippen molar-refractivity contribution < 1.29 is 28.2 Å². The molecule has 2 aromatic carbocycles. The number of rotatable bonds is 8. The standard InChI is InChI=1S/C29H37ClF3N3O3/c1-34(2)26(37)24-7-6-23(18-25(24)30)35-12-8-19(9-13-35)16-20-10-14-36(15-11-20)28(38)29(39,27(32)33)21-4-3-5-22(31)17-21/h3-7,17-20,26-27,37,39H,8-16H2,1-2H3/t26?,29-/m0/s1. The predicted molar refractivity (Wildman–Crippen MR) is 145 cm³/mol. The number of carbonyl (C=O) groups is 1. The molecule has 214 valence electrons. The molecule has 1 amide bonds. The second kappa shape index (κ2) is 12.5. The highest BCUT2D eigenvalue weighted by molar-refractivity contribution is 6.31. The third kappa shape index (κ3) is 6.53. The van der Waals surface area contributed by atoms with Crippen LogP contribution < -0.4 is 4.90 Å². The van der Waals surface area contributed by atoms with Gasteiger partial charge < -0.3 is 20.0 Å². The van der Waals surface area contributed by atoms with Crippen LogP contribution in [0.3, 0.4) is 0 Å². The van der Waals surface area contributed by atoms with E-state index < -0.39 is 35.5 Å². The third-order valence-electron chi connectivity index (χ3n) is 8.21. The molecule has 2 heterocycles. The van der Waals surface area contributed by atoms with Gasteiger partial charge in [0.25, 0.3) is 12.3 Å². The van der Waals surface area contributed by atoms with Crippen molar-refractivity contribution in [3.63, 3.8) is 0 Å². The predicted octanol–water partition coefficient (Wildman–Crippen LogP) is 5.03. The lowest BCUT2D eigenvalue weighted by atomic mass is 9.82. The first-order valence-electron chi connectivity index (χ1n) is 13.5. The number of likely N-dealkylation sites (tertiary alicyclic amines) is 1. The molecule has 2 fully saturated rings. The number of anilines is 1. The number of amides is 1. The molecule has 1 unspecified atom stereocenters. The van der Waals surface area contributed by atoms with E-state index in [1.807, 2.05) is 18.2 Å². The Labute approximate surface area is 233 Å². The van der Waals surface area contributed by atoms with E-state index in [-0.39, 0.29) is 13.1 Å². The number of aliphatic hydroxyl groups excluding tert-OH is 1. The van der Waals surface area contributed by atoms with Crippen molar-refractivity contribution >= 4 is 23.2 Å². The minimum atomic E-state index is -3.38. The molecule has 2 saturated heterocycles. The molecule has 2 N–H and O–H groups in total. The van der Waals surface area contributed by atoms with Crippen LogP contribution in [0.15, 0.2) is 42.5 Å². The maximum absolute atomic E-state index is 13.9. The molecule has 2 atom stereocenters. The molecule has 0 spiro atoms. The summed E-state index contributed by atoms with van der Waals surface area (Å²) in [5.74, 6) is -0.949. The Morgan fingerprint density at radius 2 is 1.67 bits per heavy atom. The summed E-state index contributed by atoms with van der Waals surface area (Å²) in [7, 11) is 3.58. The molecule has 2 aromatic rings. The van der Waals surface area contributed by atoms with Crippen LogP contribution in [0, 0.1) is 17.7 Å². The SMILES string of the molecule is CN(C)C(O)c1ccc(N2CCC(CC3CCN(C(=O)[C@](O)(c4cccc(F)c4)C(F)F)CC3)CC2)cc1Cl. The fourth-order valence-electron chi connectivity index (χ4n) is 5.78. The van der Waals surface area contributed by atoms with Gasteiger partial charge in [-0.3, -0.25) is 9.69 Å². The molecule has 0 bridgehead atoms. The van der Waals surface area contributed by atoms with E-state index >= 15 is 0 Å². The Morgan fingerprint density at radius 1 is 1.05 bits per heavy atom. The van der Waals surface area contributed by atoms with E-state index in [1.165, 1.54) is 11.0 Å². The summed E-state index contributed by atoms with van der Waals surface area (Å²) in [5, 5.41) is 21.5. The van der Waals surface area contributed by atoms with Gasteiger partial charge in [-0.2, -0.15) is 0 Å². The van der Waals surface area contributed by atoms with E-state index in [0.717, 1.165) is 56.2 Å². The number of aliphatic hydroxyl groups is 2. The Bertz CT molecular complexity index is 1140. The van der Waals surface area contributed by atoms with E-state index in [9.17, 15) is 28.2 Å². The van der Waals surface area contributed by atoms with Gasteiger partial charge in [0, 0.05) is 48.0 Å². The molecule has 39 heavy (non-hydrogen) atoms. The van der Waals surface area contributed by atoms with Gasteiger partial charge in [0.2, 0.25) is 5.60 Å². The monoisotopic (exact) mass is 567 g/mol. The van der Waals surface area contributed by atoms with Crippen molar-refractivity contribution in [1.29, 1.82) is 0 Å². The number of nitrogens with zero attached hydrogens (tertiary/aromatic N) is 3. The lowest BCUT2D eigenvalue weighted by molar-refractivity contribution is -0.173. The van der Waals surface area contributed by atoms with Gasteiger partial charge in [0.15, 0.2) is 0 Å². The summed E-state index contributed by atoms with van der Waals surface area (Å²) in [6, 6.07) is 10.0. The van der Waals surface area contributed by atoms with E-state index in [1.54, 1.807) is 19.0 Å². The minimum Gasteiger partial charge on any atom is -0.374 e. The highest BCUT2D eigenvalue weighted by atomic mass is 35.5. The number of halogens is 4. The normalized spacial score (nSPS) is 19.9. The fourth-order valence-corrected chi connectivity index (χ4v) is 6.05. The average molecular weight is 568 g/mol. The summed E-state index contributed by atoms with van der Waals surface area (Å²) in [5.41, 5.74) is -1.79. The van der Waals surface area contributed by atoms with Crippen molar-refractivity contribution in [3.05, 3.63) is 64.4 Å². The minimum absolute atomic E-state index is 0.288. The molecule has 2 aliphatic rings. The summed E-state index contributed by atoms with van der Waals surface area (Å²) >= 11 is 6.45. The van der Waals surface area contributed by atoms with Gasteiger partial charge >= 0.3 is 0 Å². The zero-order valence-corrected chi connectivity index (χ0v) is 23.1. The molecular weight excluding hydrogens is 531 g/mol. The summed E-state index contributed by atoms with van der Waals surface area (Å²) in [4.78, 5) is 18.3. The van der Waals surface area contributed by atoms with Gasteiger partial charge in [-0.25, -0.2) is 13.2 Å². The Balaban J connectivity index is 1.28. The van der Waals surface area contributed by atoms with Crippen LogP contribution in [-0.4, -0.2) is 72.6 Å². The maximum atomic E-state index is 13.9. The van der Waals surface area contributed by atoms with Crippen molar-refractivity contribution in [2.24, 2.45) is 11.8 Å². The van der Waals surface area contributed by atoms with Crippen LogP contribution >= 0.6 is 11.6 Å². The number of carbonyl (C=O) groups excluding carboxylic acids is 1. The molecular formula is C29H37ClF3N3O3. The largest absolute Gasteiger partial charge is 0.374 e. The van der Waals surface area contributed by atoms with Crippen molar-refractivity contribution in [1.82, 2.24) is 9.80 Å². The second-order valence-electron chi connectivity index (χ2n) is 11.0. The summed E-state index contributed by atoms with van der Waals surface area (Å²) in [6.07, 6.45) is 0.267. The van der Waals surface area contributed by atoms with Crippen LogP contribution in [-0.2, 0) is 10.4 Å². The molecule has 4 rings (SSSR count). The summed E-state index contributed by atoms with van der Waals surface area (Å²) < 4.78 is 41.5. The molecule has 2 aliphatic heterocycles. The fraction of sp³-hybridized carbons (Fsp3) is 0.552. The molecule has 0 aromatic heterocycles. The van der Waals surface area contributed by atoms with Crippen molar-refractivity contribution in [2.45, 2.75) is 50.4 Å². The zero-order valence-electron chi connectivity index (χ0n) is 22.4. The van der Waals surface area contributed by atoms with E-state index in [4.69, 9.17) is 11.6 Å². The quantitative estimate of drug-likeness (QED) is 0.438. The molecule has 0 aliphatic carbocycles. The van der Waals surface area contributed by atoms with Gasteiger partial charge in [0.1, 0.15) is 12.0 Å². The van der Waals surface area contributed by atoms with Crippen LogP contribution in [0.1, 0.15) is 49.5 Å². The van der Waals surface area contributed by atoms with Crippen molar-refractivity contribution in [2.75, 3.05) is 45.2 Å². The number of piperidine rings is 2. The lowest BCUT2D eigenvalue weighted by Gasteiger charge is -2.39. The van der Waals surface area contributed by atoms with Gasteiger partial charge in [-0.05, 0) is 82.3 Å². The first-order valence-corrected chi connectivity index (χ1v) is 13.8. The Morgan fingerprint density at radius 3 is 2.21 bits per heavy atom. The van der Waals surface area contributed by atoms with Crippen molar-refractivity contribution in [3.8, 4) is 0 Å². The third-order valence-corrected chi connectivity index (χ3v) is 8.53. The van der Waals surface area contributed by atoms with E-state index in [2.05, 4.69) is 4.90 Å². The highest BCUT2D eigenvalue weighted by Crippen LogP contribution is 2.36. The maximum Gasteiger partial charge on any atom is 0.280 e.